The van der Waals surface area contributed by atoms with Crippen LogP contribution in [-0.2, 0) is 18.4 Å². The van der Waals surface area contributed by atoms with Gasteiger partial charge in [0.15, 0.2) is 0 Å². The highest BCUT2D eigenvalue weighted by atomic mass is 16.1. The molecule has 0 bridgehead atoms. The molecule has 6 heteroatoms. The van der Waals surface area contributed by atoms with E-state index in [-0.39, 0.29) is 5.91 Å². The Hall–Kier alpha value is -1.43. The van der Waals surface area contributed by atoms with Crippen LogP contribution in [0.2, 0.25) is 0 Å². The van der Waals surface area contributed by atoms with Crippen molar-refractivity contribution < 1.29 is 4.79 Å². The average Bonchev–Trinajstić information content (AvgIpc) is 2.64. The zero-order valence-electron chi connectivity index (χ0n) is 10.7. The number of rotatable bonds is 7. The minimum atomic E-state index is 0.0211. The lowest BCUT2D eigenvalue weighted by molar-refractivity contribution is -0.120. The van der Waals surface area contributed by atoms with Crippen molar-refractivity contribution >= 4 is 5.91 Å². The Morgan fingerprint density at radius 3 is 2.88 bits per heavy atom. The van der Waals surface area contributed by atoms with Gasteiger partial charge in [-0.2, -0.15) is 0 Å². The van der Waals surface area contributed by atoms with Gasteiger partial charge in [0.1, 0.15) is 12.2 Å². The Morgan fingerprint density at radius 2 is 2.29 bits per heavy atom. The van der Waals surface area contributed by atoms with E-state index in [0.717, 1.165) is 18.8 Å². The molecule has 0 aromatic carbocycles. The molecule has 0 saturated heterocycles. The van der Waals surface area contributed by atoms with Crippen molar-refractivity contribution in [1.82, 2.24) is 25.4 Å². The van der Waals surface area contributed by atoms with Crippen LogP contribution in [-0.4, -0.2) is 33.8 Å². The van der Waals surface area contributed by atoms with Crippen molar-refractivity contribution in [3.63, 3.8) is 0 Å². The largest absolute Gasteiger partial charge is 0.355 e. The van der Waals surface area contributed by atoms with Crippen LogP contribution in [0.4, 0.5) is 0 Å². The molecule has 0 aliphatic carbocycles. The molecule has 1 amide bonds. The van der Waals surface area contributed by atoms with Gasteiger partial charge < -0.3 is 15.2 Å². The summed E-state index contributed by atoms with van der Waals surface area (Å²) in [6.07, 6.45) is 2.65. The van der Waals surface area contributed by atoms with Crippen molar-refractivity contribution in [2.75, 3.05) is 13.1 Å². The summed E-state index contributed by atoms with van der Waals surface area (Å²) in [6.45, 7) is 5.87. The van der Waals surface area contributed by atoms with Gasteiger partial charge >= 0.3 is 0 Å². The van der Waals surface area contributed by atoms with E-state index in [1.165, 1.54) is 0 Å². The van der Waals surface area contributed by atoms with Crippen LogP contribution >= 0.6 is 0 Å². The van der Waals surface area contributed by atoms with Crippen LogP contribution in [0.15, 0.2) is 6.33 Å². The molecule has 0 saturated carbocycles. The minimum absolute atomic E-state index is 0.0211. The summed E-state index contributed by atoms with van der Waals surface area (Å²) < 4.78 is 1.82. The molecule has 1 rings (SSSR count). The minimum Gasteiger partial charge on any atom is -0.355 e. The number of nitrogens with zero attached hydrogens (tertiary/aromatic N) is 3. The smallest absolute Gasteiger partial charge is 0.233 e. The first-order chi connectivity index (χ1) is 8.09. The van der Waals surface area contributed by atoms with E-state index < -0.39 is 0 Å². The Bertz CT molecular complexity index is 347. The number of hydrogen-bond acceptors (Lipinski definition) is 4. The average molecular weight is 239 g/mol. The first-order valence-corrected chi connectivity index (χ1v) is 5.90. The maximum atomic E-state index is 11.4. The predicted molar refractivity (Wildman–Crippen MR) is 65.2 cm³/mol. The molecule has 0 spiro atoms. The van der Waals surface area contributed by atoms with Gasteiger partial charge in [-0.3, -0.25) is 4.79 Å². The molecule has 6 nitrogen and oxygen atoms in total. The van der Waals surface area contributed by atoms with Crippen molar-refractivity contribution in [1.29, 1.82) is 0 Å². The highest BCUT2D eigenvalue weighted by molar-refractivity contribution is 5.77. The molecule has 2 N–H and O–H groups in total. The number of carbonyl (C=O) groups excluding carboxylic acids is 1. The zero-order chi connectivity index (χ0) is 12.7. The van der Waals surface area contributed by atoms with E-state index in [2.05, 4.69) is 34.7 Å². The van der Waals surface area contributed by atoms with Crippen LogP contribution in [0.1, 0.15) is 26.1 Å². The van der Waals surface area contributed by atoms with Gasteiger partial charge in [0.2, 0.25) is 5.91 Å². The number of hydrogen-bond donors (Lipinski definition) is 2. The molecule has 0 atom stereocenters. The molecule has 96 valence electrons. The van der Waals surface area contributed by atoms with E-state index in [1.54, 1.807) is 6.33 Å². The zero-order valence-corrected chi connectivity index (χ0v) is 10.7. The molecular weight excluding hydrogens is 218 g/mol. The molecule has 1 aromatic rings. The van der Waals surface area contributed by atoms with Gasteiger partial charge in [-0.25, -0.2) is 0 Å². The normalized spacial score (nSPS) is 10.8. The third-order valence-corrected chi connectivity index (χ3v) is 2.42. The lowest BCUT2D eigenvalue weighted by Crippen LogP contribution is -2.34. The Balaban J connectivity index is 2.10. The summed E-state index contributed by atoms with van der Waals surface area (Å²) in [5, 5.41) is 13.6. The number of carbonyl (C=O) groups is 1. The molecule has 0 unspecified atom stereocenters. The van der Waals surface area contributed by atoms with Crippen molar-refractivity contribution in [3.8, 4) is 0 Å². The summed E-state index contributed by atoms with van der Waals surface area (Å²) in [6, 6.07) is 0. The summed E-state index contributed by atoms with van der Waals surface area (Å²) in [7, 11) is 1.87. The predicted octanol–water partition coefficient (Wildman–Crippen LogP) is 0.0670. The molecule has 0 aliphatic rings. The third-order valence-electron chi connectivity index (χ3n) is 2.42. The van der Waals surface area contributed by atoms with Crippen LogP contribution in [0.3, 0.4) is 0 Å². The molecule has 0 aliphatic heterocycles. The van der Waals surface area contributed by atoms with Crippen LogP contribution in [0.25, 0.3) is 0 Å². The second-order valence-corrected chi connectivity index (χ2v) is 4.49. The van der Waals surface area contributed by atoms with Crippen molar-refractivity contribution in [2.45, 2.75) is 26.8 Å². The Labute approximate surface area is 102 Å². The molecule has 1 aromatic heterocycles. The fourth-order valence-electron chi connectivity index (χ4n) is 1.32. The monoisotopic (exact) mass is 239 g/mol. The van der Waals surface area contributed by atoms with Gasteiger partial charge in [-0.15, -0.1) is 10.2 Å². The summed E-state index contributed by atoms with van der Waals surface area (Å²) >= 11 is 0. The number of nitrogens with one attached hydrogen (secondary N) is 2. The third kappa shape index (κ3) is 5.44. The maximum Gasteiger partial charge on any atom is 0.233 e. The number of aryl methyl sites for hydroxylation is 1. The van der Waals surface area contributed by atoms with Crippen LogP contribution < -0.4 is 10.6 Å². The topological polar surface area (TPSA) is 71.8 Å². The number of amides is 1. The summed E-state index contributed by atoms with van der Waals surface area (Å²) in [5.41, 5.74) is 0. The highest BCUT2D eigenvalue weighted by Gasteiger charge is 2.03. The van der Waals surface area contributed by atoms with E-state index >= 15 is 0 Å². The first-order valence-electron chi connectivity index (χ1n) is 5.90. The maximum absolute atomic E-state index is 11.4. The van der Waals surface area contributed by atoms with Gasteiger partial charge in [0.05, 0.1) is 13.1 Å². The summed E-state index contributed by atoms with van der Waals surface area (Å²) in [4.78, 5) is 11.4. The molecule has 1 heterocycles. The highest BCUT2D eigenvalue weighted by Crippen LogP contribution is 1.95. The molecule has 17 heavy (non-hydrogen) atoms. The van der Waals surface area contributed by atoms with Gasteiger partial charge in [-0.1, -0.05) is 13.8 Å². The Kier molecular flexibility index (Phi) is 5.62. The van der Waals surface area contributed by atoms with Gasteiger partial charge in [-0.05, 0) is 12.3 Å². The molecule has 0 radical (unpaired) electrons. The van der Waals surface area contributed by atoms with E-state index in [9.17, 15) is 4.79 Å². The summed E-state index contributed by atoms with van der Waals surface area (Å²) in [5.74, 6) is 1.45. The lowest BCUT2D eigenvalue weighted by Gasteiger charge is -2.07. The van der Waals surface area contributed by atoms with Crippen molar-refractivity contribution in [2.24, 2.45) is 13.0 Å². The fraction of sp³-hybridized carbons (Fsp3) is 0.727. The van der Waals surface area contributed by atoms with Crippen LogP contribution in [0, 0.1) is 5.92 Å². The molecule has 0 fully saturated rings. The number of aromatic nitrogens is 3. The second-order valence-electron chi connectivity index (χ2n) is 4.49. The van der Waals surface area contributed by atoms with Gasteiger partial charge in [0.25, 0.3) is 0 Å². The Morgan fingerprint density at radius 1 is 1.53 bits per heavy atom. The van der Waals surface area contributed by atoms with E-state index in [1.807, 2.05) is 11.6 Å². The second kappa shape index (κ2) is 7.01. The lowest BCUT2D eigenvalue weighted by atomic mass is 10.1. The first kappa shape index (κ1) is 13.6. The van der Waals surface area contributed by atoms with Gasteiger partial charge in [0, 0.05) is 13.6 Å². The van der Waals surface area contributed by atoms with Crippen LogP contribution in [0.5, 0.6) is 0 Å². The molecular formula is C11H21N5O. The van der Waals surface area contributed by atoms with Crippen molar-refractivity contribution in [3.05, 3.63) is 12.2 Å². The van der Waals surface area contributed by atoms with E-state index in [0.29, 0.717) is 19.0 Å². The fourth-order valence-corrected chi connectivity index (χ4v) is 1.32. The SMILES string of the molecule is CC(C)CCNC(=O)CNCc1nncn1C. The van der Waals surface area contributed by atoms with E-state index in [4.69, 9.17) is 0 Å². The quantitative estimate of drug-likeness (QED) is 0.706. The standard InChI is InChI=1S/C11H21N5O/c1-9(2)4-5-13-11(17)7-12-6-10-15-14-8-16(10)3/h8-9,12H,4-7H2,1-3H3,(H,13,17).